The summed E-state index contributed by atoms with van der Waals surface area (Å²) in [6.07, 6.45) is 0. The van der Waals surface area contributed by atoms with Crippen LogP contribution in [0.25, 0.3) is 0 Å². The molecule has 2 aromatic carbocycles. The number of nitro benzene ring substituents is 1. The zero-order valence-electron chi connectivity index (χ0n) is 11.2. The maximum absolute atomic E-state index is 10.6. The number of hydrogen-bond acceptors (Lipinski definition) is 4. The highest BCUT2D eigenvalue weighted by atomic mass is 35.5. The van der Waals surface area contributed by atoms with Gasteiger partial charge in [-0.05, 0) is 30.7 Å². The highest BCUT2D eigenvalue weighted by Crippen LogP contribution is 2.25. The van der Waals surface area contributed by atoms with E-state index in [2.05, 4.69) is 0 Å². The molecule has 5 nitrogen and oxygen atoms in total. The first kappa shape index (κ1) is 14.8. The standard InChI is InChI=1S/C15H11ClN2O3/c1-10-2-3-11(8-17)6-15(10)21-9-12-4-5-13(18(19)20)7-14(12)16/h2-7H,9H2,1H3. The molecule has 0 aliphatic heterocycles. The Labute approximate surface area is 126 Å². The highest BCUT2D eigenvalue weighted by molar-refractivity contribution is 6.31. The van der Waals surface area contributed by atoms with Crippen LogP contribution in [0.3, 0.4) is 0 Å². The zero-order chi connectivity index (χ0) is 15.4. The fourth-order valence-corrected chi connectivity index (χ4v) is 1.98. The summed E-state index contributed by atoms with van der Waals surface area (Å²) in [4.78, 5) is 10.1. The van der Waals surface area contributed by atoms with Crippen LogP contribution in [-0.2, 0) is 6.61 Å². The molecule has 0 radical (unpaired) electrons. The molecule has 0 bridgehead atoms. The summed E-state index contributed by atoms with van der Waals surface area (Å²) in [5.41, 5.74) is 1.98. The van der Waals surface area contributed by atoms with Crippen LogP contribution in [0.4, 0.5) is 5.69 Å². The molecule has 106 valence electrons. The smallest absolute Gasteiger partial charge is 0.270 e. The summed E-state index contributed by atoms with van der Waals surface area (Å²) in [5.74, 6) is 0.587. The third-order valence-corrected chi connectivity index (χ3v) is 3.30. The van der Waals surface area contributed by atoms with E-state index >= 15 is 0 Å². The van der Waals surface area contributed by atoms with Crippen LogP contribution in [-0.4, -0.2) is 4.92 Å². The number of nitro groups is 1. The van der Waals surface area contributed by atoms with Crippen molar-refractivity contribution >= 4 is 17.3 Å². The Kier molecular flexibility index (Phi) is 4.41. The monoisotopic (exact) mass is 302 g/mol. The molecule has 0 saturated carbocycles. The molecular weight excluding hydrogens is 292 g/mol. The number of halogens is 1. The summed E-state index contributed by atoms with van der Waals surface area (Å²) in [6, 6.07) is 11.4. The lowest BCUT2D eigenvalue weighted by Crippen LogP contribution is -1.99. The number of ether oxygens (including phenoxy) is 1. The lowest BCUT2D eigenvalue weighted by molar-refractivity contribution is -0.384. The number of nitriles is 1. The quantitative estimate of drug-likeness (QED) is 0.631. The number of hydrogen-bond donors (Lipinski definition) is 0. The first-order chi connectivity index (χ1) is 10.0. The predicted octanol–water partition coefficient (Wildman–Crippen LogP) is 4.01. The molecule has 0 amide bonds. The number of nitrogens with zero attached hydrogens (tertiary/aromatic N) is 2. The van der Waals surface area contributed by atoms with Crippen LogP contribution in [0.1, 0.15) is 16.7 Å². The Morgan fingerprint density at radius 2 is 2.10 bits per heavy atom. The summed E-state index contributed by atoms with van der Waals surface area (Å²) in [7, 11) is 0. The van der Waals surface area contributed by atoms with Crippen molar-refractivity contribution in [3.05, 3.63) is 68.2 Å². The van der Waals surface area contributed by atoms with Gasteiger partial charge in [0.05, 0.1) is 21.6 Å². The third-order valence-electron chi connectivity index (χ3n) is 2.95. The van der Waals surface area contributed by atoms with Gasteiger partial charge in [0.1, 0.15) is 12.4 Å². The zero-order valence-corrected chi connectivity index (χ0v) is 11.9. The molecule has 21 heavy (non-hydrogen) atoms. The van der Waals surface area contributed by atoms with Crippen molar-refractivity contribution in [2.24, 2.45) is 0 Å². The average Bonchev–Trinajstić information content (AvgIpc) is 2.47. The first-order valence-corrected chi connectivity index (χ1v) is 6.45. The molecule has 0 aromatic heterocycles. The first-order valence-electron chi connectivity index (χ1n) is 6.07. The van der Waals surface area contributed by atoms with E-state index in [0.717, 1.165) is 5.56 Å². The van der Waals surface area contributed by atoms with Gasteiger partial charge in [0.25, 0.3) is 5.69 Å². The highest BCUT2D eigenvalue weighted by Gasteiger charge is 2.10. The molecule has 6 heteroatoms. The molecule has 2 rings (SSSR count). The topological polar surface area (TPSA) is 76.2 Å². The summed E-state index contributed by atoms with van der Waals surface area (Å²) >= 11 is 6.00. The van der Waals surface area contributed by atoms with Crippen molar-refractivity contribution < 1.29 is 9.66 Å². The Bertz CT molecular complexity index is 738. The van der Waals surface area contributed by atoms with Gasteiger partial charge in [0, 0.05) is 17.7 Å². The number of aryl methyl sites for hydroxylation is 1. The largest absolute Gasteiger partial charge is 0.489 e. The fraction of sp³-hybridized carbons (Fsp3) is 0.133. The van der Waals surface area contributed by atoms with E-state index in [9.17, 15) is 10.1 Å². The molecular formula is C15H11ClN2O3. The fourth-order valence-electron chi connectivity index (χ4n) is 1.75. The second-order valence-electron chi connectivity index (χ2n) is 4.41. The maximum atomic E-state index is 10.6. The van der Waals surface area contributed by atoms with Gasteiger partial charge in [-0.25, -0.2) is 0 Å². The van der Waals surface area contributed by atoms with E-state index in [-0.39, 0.29) is 17.3 Å². The molecule has 0 N–H and O–H groups in total. The SMILES string of the molecule is Cc1ccc(C#N)cc1OCc1ccc([N+](=O)[O-])cc1Cl. The number of rotatable bonds is 4. The van der Waals surface area contributed by atoms with E-state index in [1.54, 1.807) is 24.3 Å². The molecule has 0 heterocycles. The molecule has 0 atom stereocenters. The van der Waals surface area contributed by atoms with Crippen molar-refractivity contribution in [1.82, 2.24) is 0 Å². The molecule has 0 aliphatic rings. The van der Waals surface area contributed by atoms with Gasteiger partial charge < -0.3 is 4.74 Å². The molecule has 0 unspecified atom stereocenters. The minimum absolute atomic E-state index is 0.0635. The van der Waals surface area contributed by atoms with Crippen LogP contribution < -0.4 is 4.74 Å². The van der Waals surface area contributed by atoms with Crippen molar-refractivity contribution in [3.63, 3.8) is 0 Å². The molecule has 2 aromatic rings. The van der Waals surface area contributed by atoms with Crippen LogP contribution in [0.5, 0.6) is 5.75 Å². The van der Waals surface area contributed by atoms with E-state index in [1.807, 2.05) is 13.0 Å². The second-order valence-corrected chi connectivity index (χ2v) is 4.82. The Morgan fingerprint density at radius 1 is 1.33 bits per heavy atom. The Hall–Kier alpha value is -2.58. The molecule has 0 aliphatic carbocycles. The van der Waals surface area contributed by atoms with Crippen LogP contribution in [0.15, 0.2) is 36.4 Å². The second kappa shape index (κ2) is 6.25. The van der Waals surface area contributed by atoms with Gasteiger partial charge in [-0.15, -0.1) is 0 Å². The van der Waals surface area contributed by atoms with E-state index in [4.69, 9.17) is 21.6 Å². The summed E-state index contributed by atoms with van der Waals surface area (Å²) < 4.78 is 5.64. The van der Waals surface area contributed by atoms with Crippen molar-refractivity contribution in [1.29, 1.82) is 5.26 Å². The Balaban J connectivity index is 2.17. The molecule has 0 saturated heterocycles. The molecule has 0 fully saturated rings. The maximum Gasteiger partial charge on any atom is 0.270 e. The number of benzene rings is 2. The van der Waals surface area contributed by atoms with Gasteiger partial charge >= 0.3 is 0 Å². The average molecular weight is 303 g/mol. The minimum Gasteiger partial charge on any atom is -0.489 e. The number of non-ortho nitro benzene ring substituents is 1. The van der Waals surface area contributed by atoms with E-state index in [0.29, 0.717) is 16.9 Å². The summed E-state index contributed by atoms with van der Waals surface area (Å²) in [5, 5.41) is 19.8. The minimum atomic E-state index is -0.503. The van der Waals surface area contributed by atoms with Gasteiger partial charge in [0.2, 0.25) is 0 Å². The van der Waals surface area contributed by atoms with Gasteiger partial charge in [-0.1, -0.05) is 17.7 Å². The normalized spacial score (nSPS) is 9.95. The Morgan fingerprint density at radius 3 is 2.71 bits per heavy atom. The third kappa shape index (κ3) is 3.50. The van der Waals surface area contributed by atoms with Gasteiger partial charge in [0.15, 0.2) is 0 Å². The van der Waals surface area contributed by atoms with E-state index < -0.39 is 4.92 Å². The van der Waals surface area contributed by atoms with Crippen LogP contribution in [0, 0.1) is 28.4 Å². The molecule has 0 spiro atoms. The van der Waals surface area contributed by atoms with Crippen molar-refractivity contribution in [2.45, 2.75) is 13.5 Å². The van der Waals surface area contributed by atoms with Gasteiger partial charge in [-0.3, -0.25) is 10.1 Å². The van der Waals surface area contributed by atoms with Gasteiger partial charge in [-0.2, -0.15) is 5.26 Å². The predicted molar refractivity (Wildman–Crippen MR) is 78.3 cm³/mol. The lowest BCUT2D eigenvalue weighted by Gasteiger charge is -2.10. The van der Waals surface area contributed by atoms with Crippen molar-refractivity contribution in [3.8, 4) is 11.8 Å². The van der Waals surface area contributed by atoms with Crippen LogP contribution >= 0.6 is 11.6 Å². The summed E-state index contributed by atoms with van der Waals surface area (Å²) in [6.45, 7) is 2.04. The van der Waals surface area contributed by atoms with Crippen LogP contribution in [0.2, 0.25) is 5.02 Å². The van der Waals surface area contributed by atoms with E-state index in [1.165, 1.54) is 12.1 Å². The van der Waals surface area contributed by atoms with Crippen molar-refractivity contribution in [2.75, 3.05) is 0 Å². The lowest BCUT2D eigenvalue weighted by atomic mass is 10.1.